The summed E-state index contributed by atoms with van der Waals surface area (Å²) in [6.07, 6.45) is 2.39. The van der Waals surface area contributed by atoms with Gasteiger partial charge in [0.1, 0.15) is 11.8 Å². The SMILES string of the molecule is CC(C)(C)OC(=O)N1CCN(C(O)c2ccc(-n3cc(-c4cc5ccccc5[nH]c4=O)cn3)cc2)CC1. The van der Waals surface area contributed by atoms with Gasteiger partial charge in [0, 0.05) is 43.5 Å². The van der Waals surface area contributed by atoms with Gasteiger partial charge in [-0.3, -0.25) is 9.69 Å². The molecule has 1 amide bonds. The average Bonchev–Trinajstić information content (AvgIpc) is 3.37. The van der Waals surface area contributed by atoms with Gasteiger partial charge >= 0.3 is 6.09 Å². The standard InChI is InChI=1S/C28H31N5O4/c1-28(2,3)37-27(36)32-14-12-31(13-15-32)26(35)19-8-10-22(11-9-19)33-18-21(17-29-33)23-16-20-6-4-5-7-24(20)30-25(23)34/h4-11,16-18,26,35H,12-15H2,1-3H3,(H,30,34). The molecule has 2 aromatic heterocycles. The molecule has 0 saturated carbocycles. The monoisotopic (exact) mass is 501 g/mol. The Morgan fingerprint density at radius 1 is 1.05 bits per heavy atom. The highest BCUT2D eigenvalue weighted by molar-refractivity contribution is 5.83. The summed E-state index contributed by atoms with van der Waals surface area (Å²) < 4.78 is 7.15. The van der Waals surface area contributed by atoms with Crippen molar-refractivity contribution in [2.24, 2.45) is 0 Å². The lowest BCUT2D eigenvalue weighted by Crippen LogP contribution is -2.50. The van der Waals surface area contributed by atoms with Crippen molar-refractivity contribution in [2.45, 2.75) is 32.6 Å². The molecule has 1 saturated heterocycles. The third-order valence-corrected chi connectivity index (χ3v) is 6.41. The number of hydrogen-bond acceptors (Lipinski definition) is 6. The molecule has 5 rings (SSSR count). The van der Waals surface area contributed by atoms with Crippen LogP contribution in [-0.4, -0.2) is 67.5 Å². The van der Waals surface area contributed by atoms with Gasteiger partial charge in [-0.05, 0) is 56.0 Å². The Morgan fingerprint density at radius 3 is 2.46 bits per heavy atom. The molecule has 9 nitrogen and oxygen atoms in total. The van der Waals surface area contributed by atoms with Crippen LogP contribution in [-0.2, 0) is 4.74 Å². The van der Waals surface area contributed by atoms with Crippen molar-refractivity contribution in [1.29, 1.82) is 0 Å². The third kappa shape index (κ3) is 5.42. The predicted molar refractivity (Wildman–Crippen MR) is 141 cm³/mol. The molecule has 0 bridgehead atoms. The quantitative estimate of drug-likeness (QED) is 0.439. The molecule has 192 valence electrons. The van der Waals surface area contributed by atoms with Crippen LogP contribution in [0.1, 0.15) is 32.6 Å². The van der Waals surface area contributed by atoms with Crippen LogP contribution in [0.3, 0.4) is 0 Å². The molecule has 2 N–H and O–H groups in total. The molecular formula is C28H31N5O4. The number of amides is 1. The second-order valence-electron chi connectivity index (χ2n) is 10.2. The first-order valence-electron chi connectivity index (χ1n) is 12.4. The Kier molecular flexibility index (Phi) is 6.57. The number of nitrogens with one attached hydrogen (secondary N) is 1. The first-order valence-corrected chi connectivity index (χ1v) is 12.4. The predicted octanol–water partition coefficient (Wildman–Crippen LogP) is 3.92. The van der Waals surface area contributed by atoms with Crippen molar-refractivity contribution in [1.82, 2.24) is 24.6 Å². The Labute approximate surface area is 214 Å². The van der Waals surface area contributed by atoms with Crippen LogP contribution in [0.4, 0.5) is 4.79 Å². The van der Waals surface area contributed by atoms with E-state index in [9.17, 15) is 14.7 Å². The first kappa shape index (κ1) is 24.7. The summed E-state index contributed by atoms with van der Waals surface area (Å²) in [6, 6.07) is 17.0. The van der Waals surface area contributed by atoms with Gasteiger partial charge in [0.15, 0.2) is 0 Å². The zero-order valence-corrected chi connectivity index (χ0v) is 21.2. The molecule has 37 heavy (non-hydrogen) atoms. The number of aliphatic hydroxyl groups excluding tert-OH is 1. The lowest BCUT2D eigenvalue weighted by atomic mass is 10.1. The Hall–Kier alpha value is -3.95. The minimum atomic E-state index is -0.779. The zero-order valence-electron chi connectivity index (χ0n) is 21.2. The summed E-state index contributed by atoms with van der Waals surface area (Å²) >= 11 is 0. The lowest BCUT2D eigenvalue weighted by Gasteiger charge is -2.37. The maximum Gasteiger partial charge on any atom is 0.410 e. The van der Waals surface area contributed by atoms with Gasteiger partial charge in [0.2, 0.25) is 0 Å². The number of fused-ring (bicyclic) bond motifs is 1. The molecule has 0 aliphatic carbocycles. The second-order valence-corrected chi connectivity index (χ2v) is 10.2. The van der Waals surface area contributed by atoms with E-state index in [1.807, 2.05) is 86.5 Å². The topological polar surface area (TPSA) is 104 Å². The van der Waals surface area contributed by atoms with Gasteiger partial charge in [0.05, 0.1) is 17.4 Å². The van der Waals surface area contributed by atoms with Gasteiger partial charge in [-0.1, -0.05) is 30.3 Å². The number of para-hydroxylation sites is 1. The van der Waals surface area contributed by atoms with Gasteiger partial charge in [-0.15, -0.1) is 0 Å². The number of pyridine rings is 1. The molecule has 4 aromatic rings. The number of carbonyl (C=O) groups is 1. The molecule has 3 heterocycles. The fourth-order valence-corrected chi connectivity index (χ4v) is 4.45. The summed E-state index contributed by atoms with van der Waals surface area (Å²) in [5, 5.41) is 16.3. The summed E-state index contributed by atoms with van der Waals surface area (Å²) in [6.45, 7) is 7.63. The van der Waals surface area contributed by atoms with Crippen molar-refractivity contribution >= 4 is 17.0 Å². The van der Waals surface area contributed by atoms with Crippen molar-refractivity contribution in [2.75, 3.05) is 26.2 Å². The van der Waals surface area contributed by atoms with Crippen molar-refractivity contribution in [3.63, 3.8) is 0 Å². The highest BCUT2D eigenvalue weighted by Gasteiger charge is 2.28. The third-order valence-electron chi connectivity index (χ3n) is 6.41. The molecule has 0 radical (unpaired) electrons. The molecule has 1 unspecified atom stereocenters. The van der Waals surface area contributed by atoms with Gasteiger partial charge in [-0.2, -0.15) is 5.10 Å². The van der Waals surface area contributed by atoms with E-state index in [4.69, 9.17) is 4.74 Å². The van der Waals surface area contributed by atoms with E-state index in [-0.39, 0.29) is 11.7 Å². The minimum absolute atomic E-state index is 0.163. The van der Waals surface area contributed by atoms with Crippen LogP contribution >= 0.6 is 0 Å². The van der Waals surface area contributed by atoms with Crippen molar-refractivity contribution < 1.29 is 14.6 Å². The van der Waals surface area contributed by atoms with E-state index in [2.05, 4.69) is 10.1 Å². The number of nitrogens with zero attached hydrogens (tertiary/aromatic N) is 4. The maximum atomic E-state index is 12.6. The summed E-state index contributed by atoms with van der Waals surface area (Å²) in [4.78, 5) is 31.4. The number of rotatable bonds is 4. The van der Waals surface area contributed by atoms with E-state index in [0.29, 0.717) is 31.7 Å². The van der Waals surface area contributed by atoms with Gasteiger partial charge in [-0.25, -0.2) is 9.48 Å². The zero-order chi connectivity index (χ0) is 26.2. The summed E-state index contributed by atoms with van der Waals surface area (Å²) in [5.74, 6) is 0. The smallest absolute Gasteiger partial charge is 0.410 e. The van der Waals surface area contributed by atoms with E-state index in [0.717, 1.165) is 27.7 Å². The summed E-state index contributed by atoms with van der Waals surface area (Å²) in [7, 11) is 0. The number of benzene rings is 2. The van der Waals surface area contributed by atoms with E-state index >= 15 is 0 Å². The second kappa shape index (κ2) is 9.84. The Morgan fingerprint density at radius 2 is 1.76 bits per heavy atom. The van der Waals surface area contributed by atoms with E-state index in [1.165, 1.54) is 0 Å². The van der Waals surface area contributed by atoms with Crippen LogP contribution in [0.5, 0.6) is 0 Å². The Balaban J connectivity index is 1.25. The molecule has 0 spiro atoms. The van der Waals surface area contributed by atoms with Crippen LogP contribution in [0, 0.1) is 0 Å². The van der Waals surface area contributed by atoms with Crippen LogP contribution < -0.4 is 5.56 Å². The van der Waals surface area contributed by atoms with Crippen LogP contribution in [0.15, 0.2) is 71.8 Å². The first-order chi connectivity index (χ1) is 17.7. The van der Waals surface area contributed by atoms with Crippen LogP contribution in [0.25, 0.3) is 27.7 Å². The molecule has 1 aliphatic rings. The molecular weight excluding hydrogens is 470 g/mol. The largest absolute Gasteiger partial charge is 0.444 e. The summed E-state index contributed by atoms with van der Waals surface area (Å²) in [5.41, 5.74) is 2.95. The van der Waals surface area contributed by atoms with Crippen molar-refractivity contribution in [3.8, 4) is 16.8 Å². The van der Waals surface area contributed by atoms with E-state index < -0.39 is 11.8 Å². The molecule has 2 aromatic carbocycles. The number of aromatic amines is 1. The van der Waals surface area contributed by atoms with Gasteiger partial charge < -0.3 is 19.7 Å². The molecule has 1 fully saturated rings. The maximum absolute atomic E-state index is 12.6. The number of aromatic nitrogens is 3. The van der Waals surface area contributed by atoms with Gasteiger partial charge in [0.25, 0.3) is 5.56 Å². The fourth-order valence-electron chi connectivity index (χ4n) is 4.45. The Bertz CT molecular complexity index is 1460. The average molecular weight is 502 g/mol. The molecule has 9 heteroatoms. The van der Waals surface area contributed by atoms with Crippen molar-refractivity contribution in [3.05, 3.63) is 82.9 Å². The lowest BCUT2D eigenvalue weighted by molar-refractivity contribution is -0.0353. The number of aliphatic hydroxyl groups is 1. The number of piperazine rings is 1. The highest BCUT2D eigenvalue weighted by atomic mass is 16.6. The molecule has 1 aliphatic heterocycles. The van der Waals surface area contributed by atoms with E-state index in [1.54, 1.807) is 15.8 Å². The van der Waals surface area contributed by atoms with Crippen LogP contribution in [0.2, 0.25) is 0 Å². The highest BCUT2D eigenvalue weighted by Crippen LogP contribution is 2.24. The minimum Gasteiger partial charge on any atom is -0.444 e. The number of H-pyrrole nitrogens is 1. The fraction of sp³-hybridized carbons (Fsp3) is 0.321. The molecule has 1 atom stereocenters. The normalized spacial score (nSPS) is 15.6. The number of ether oxygens (including phenoxy) is 1. The number of hydrogen-bond donors (Lipinski definition) is 2. The number of carbonyl (C=O) groups excluding carboxylic acids is 1.